The average Bonchev–Trinajstić information content (AvgIpc) is 3.15. The van der Waals surface area contributed by atoms with Crippen LogP contribution in [0.5, 0.6) is 5.75 Å². The Labute approximate surface area is 170 Å². The van der Waals surface area contributed by atoms with Crippen molar-refractivity contribution in [2.75, 3.05) is 18.2 Å². The molecule has 0 bridgehead atoms. The predicted molar refractivity (Wildman–Crippen MR) is 103 cm³/mol. The molecule has 0 aliphatic rings. The third kappa shape index (κ3) is 5.17. The van der Waals surface area contributed by atoms with E-state index in [0.29, 0.717) is 11.8 Å². The molecule has 0 fully saturated rings. The van der Waals surface area contributed by atoms with Crippen LogP contribution in [0.2, 0.25) is 0 Å². The summed E-state index contributed by atoms with van der Waals surface area (Å²) in [6.07, 6.45) is -0.0498. The summed E-state index contributed by atoms with van der Waals surface area (Å²) < 4.78 is 61.5. The molecule has 0 saturated carbocycles. The van der Waals surface area contributed by atoms with E-state index < -0.39 is 27.4 Å². The van der Waals surface area contributed by atoms with Crippen molar-refractivity contribution in [1.82, 2.24) is 10.2 Å². The first-order chi connectivity index (χ1) is 14.3. The third-order valence-corrected chi connectivity index (χ3v) is 5.88. The zero-order valence-electron chi connectivity index (χ0n) is 15.8. The lowest BCUT2D eigenvalue weighted by molar-refractivity contribution is -0.116. The number of methoxy groups -OCH3 is 1. The van der Waals surface area contributed by atoms with Crippen LogP contribution in [0, 0.1) is 11.6 Å². The van der Waals surface area contributed by atoms with Gasteiger partial charge in [-0.05, 0) is 42.8 Å². The highest BCUT2D eigenvalue weighted by molar-refractivity contribution is 7.91. The van der Waals surface area contributed by atoms with Crippen LogP contribution in [0.25, 0.3) is 11.5 Å². The fraction of sp³-hybridized carbons (Fsp3) is 0.211. The lowest BCUT2D eigenvalue weighted by atomic mass is 10.2. The minimum Gasteiger partial charge on any atom is -0.497 e. The van der Waals surface area contributed by atoms with Crippen molar-refractivity contribution in [1.29, 1.82) is 0 Å². The van der Waals surface area contributed by atoms with Gasteiger partial charge in [0.1, 0.15) is 17.4 Å². The molecule has 0 aliphatic carbocycles. The van der Waals surface area contributed by atoms with Crippen LogP contribution in [-0.4, -0.2) is 37.4 Å². The highest BCUT2D eigenvalue weighted by Crippen LogP contribution is 2.23. The number of amides is 1. The first-order valence-electron chi connectivity index (χ1n) is 8.74. The minimum atomic E-state index is -3.55. The van der Waals surface area contributed by atoms with Crippen LogP contribution >= 0.6 is 0 Å². The predicted octanol–water partition coefficient (Wildman–Crippen LogP) is 3.22. The Bertz CT molecular complexity index is 1150. The molecular weight excluding hydrogens is 420 g/mol. The number of aromatic nitrogens is 2. The molecule has 0 atom stereocenters. The molecule has 3 rings (SSSR count). The van der Waals surface area contributed by atoms with Crippen molar-refractivity contribution in [3.05, 3.63) is 54.1 Å². The number of hydrogen-bond donors (Lipinski definition) is 1. The number of rotatable bonds is 8. The minimum absolute atomic E-state index is 0.0633. The molecule has 0 aliphatic heterocycles. The summed E-state index contributed by atoms with van der Waals surface area (Å²) >= 11 is 0. The van der Waals surface area contributed by atoms with Crippen molar-refractivity contribution in [3.63, 3.8) is 0 Å². The molecule has 2 aromatic carbocycles. The molecule has 1 amide bonds. The Kier molecular flexibility index (Phi) is 6.40. The second-order valence-corrected chi connectivity index (χ2v) is 8.29. The van der Waals surface area contributed by atoms with Crippen LogP contribution in [-0.2, 0) is 14.6 Å². The smallest absolute Gasteiger partial charge is 0.322 e. The van der Waals surface area contributed by atoms with Gasteiger partial charge in [-0.3, -0.25) is 10.1 Å². The van der Waals surface area contributed by atoms with E-state index in [9.17, 15) is 22.0 Å². The molecule has 0 spiro atoms. The number of carbonyl (C=O) groups is 1. The highest BCUT2D eigenvalue weighted by atomic mass is 32.2. The van der Waals surface area contributed by atoms with Crippen LogP contribution in [0.1, 0.15) is 12.8 Å². The van der Waals surface area contributed by atoms with E-state index in [4.69, 9.17) is 9.15 Å². The maximum atomic E-state index is 13.7. The molecule has 0 saturated heterocycles. The van der Waals surface area contributed by atoms with E-state index in [1.807, 2.05) is 0 Å². The van der Waals surface area contributed by atoms with Gasteiger partial charge in [0.25, 0.3) is 5.89 Å². The van der Waals surface area contributed by atoms with Crippen LogP contribution in [0.3, 0.4) is 0 Å². The maximum absolute atomic E-state index is 13.7. The lowest BCUT2D eigenvalue weighted by Gasteiger charge is -2.05. The van der Waals surface area contributed by atoms with Gasteiger partial charge in [0.15, 0.2) is 9.84 Å². The molecular formula is C19H17F2N3O5S. The van der Waals surface area contributed by atoms with Gasteiger partial charge in [-0.2, -0.15) is 0 Å². The van der Waals surface area contributed by atoms with Crippen LogP contribution in [0.15, 0.2) is 51.8 Å². The van der Waals surface area contributed by atoms with E-state index in [2.05, 4.69) is 15.5 Å². The summed E-state index contributed by atoms with van der Waals surface area (Å²) in [7, 11) is -2.08. The van der Waals surface area contributed by atoms with E-state index in [1.54, 1.807) is 0 Å². The van der Waals surface area contributed by atoms with Crippen LogP contribution < -0.4 is 10.1 Å². The Morgan fingerprint density at radius 3 is 2.53 bits per heavy atom. The van der Waals surface area contributed by atoms with Crippen molar-refractivity contribution in [2.45, 2.75) is 17.7 Å². The van der Waals surface area contributed by atoms with Gasteiger partial charge < -0.3 is 9.15 Å². The number of anilines is 1. The van der Waals surface area contributed by atoms with E-state index in [0.717, 1.165) is 12.1 Å². The summed E-state index contributed by atoms with van der Waals surface area (Å²) in [4.78, 5) is 12.1. The molecule has 0 unspecified atom stereocenters. The SMILES string of the molecule is COc1ccc(S(=O)(=O)CCCC(=O)Nc2nnc(-c3ccc(F)cc3F)o2)cc1. The number of nitrogens with zero attached hydrogens (tertiary/aromatic N) is 2. The van der Waals surface area contributed by atoms with Gasteiger partial charge in [0.05, 0.1) is 23.3 Å². The summed E-state index contributed by atoms with van der Waals surface area (Å²) in [6, 6.07) is 8.49. The molecule has 11 heteroatoms. The molecule has 1 heterocycles. The van der Waals surface area contributed by atoms with E-state index in [-0.39, 0.29) is 41.0 Å². The van der Waals surface area contributed by atoms with Gasteiger partial charge in [0.2, 0.25) is 5.91 Å². The van der Waals surface area contributed by atoms with E-state index >= 15 is 0 Å². The highest BCUT2D eigenvalue weighted by Gasteiger charge is 2.17. The second kappa shape index (κ2) is 8.99. The topological polar surface area (TPSA) is 111 Å². The lowest BCUT2D eigenvalue weighted by Crippen LogP contribution is -2.14. The Hall–Kier alpha value is -3.34. The zero-order chi connectivity index (χ0) is 21.7. The second-order valence-electron chi connectivity index (χ2n) is 6.18. The van der Waals surface area contributed by atoms with Gasteiger partial charge in [0, 0.05) is 12.5 Å². The summed E-state index contributed by atoms with van der Waals surface area (Å²) in [6.45, 7) is 0. The molecule has 1 N–H and O–H groups in total. The summed E-state index contributed by atoms with van der Waals surface area (Å²) in [5.41, 5.74) is -0.116. The number of nitrogens with one attached hydrogen (secondary N) is 1. The van der Waals surface area contributed by atoms with Gasteiger partial charge in [-0.15, -0.1) is 5.10 Å². The average molecular weight is 437 g/mol. The number of hydrogen-bond acceptors (Lipinski definition) is 7. The van der Waals surface area contributed by atoms with Crippen molar-refractivity contribution >= 4 is 21.8 Å². The van der Waals surface area contributed by atoms with E-state index in [1.165, 1.54) is 31.4 Å². The standard InChI is InChI=1S/C19H17F2N3O5S/c1-28-13-5-7-14(8-6-13)30(26,27)10-2-3-17(25)22-19-24-23-18(29-19)15-9-4-12(20)11-16(15)21/h4-9,11H,2-3,10H2,1H3,(H,22,24,25). The molecule has 158 valence electrons. The molecule has 8 nitrogen and oxygen atoms in total. The van der Waals surface area contributed by atoms with Gasteiger partial charge >= 0.3 is 6.01 Å². The number of benzene rings is 2. The number of carbonyl (C=O) groups excluding carboxylic acids is 1. The molecule has 3 aromatic rings. The fourth-order valence-corrected chi connectivity index (χ4v) is 3.86. The molecule has 0 radical (unpaired) electrons. The number of halogens is 2. The molecule has 1 aromatic heterocycles. The van der Waals surface area contributed by atoms with Gasteiger partial charge in [-0.25, -0.2) is 17.2 Å². The summed E-state index contributed by atoms with van der Waals surface area (Å²) in [5.74, 6) is -2.12. The van der Waals surface area contributed by atoms with Crippen LogP contribution in [0.4, 0.5) is 14.8 Å². The Morgan fingerprint density at radius 1 is 1.13 bits per heavy atom. The third-order valence-electron chi connectivity index (χ3n) is 4.07. The van der Waals surface area contributed by atoms with Gasteiger partial charge in [-0.1, -0.05) is 5.10 Å². The maximum Gasteiger partial charge on any atom is 0.322 e. The van der Waals surface area contributed by atoms with Crippen molar-refractivity contribution in [3.8, 4) is 17.2 Å². The first-order valence-corrected chi connectivity index (χ1v) is 10.4. The zero-order valence-corrected chi connectivity index (χ0v) is 16.6. The first kappa shape index (κ1) is 21.4. The quantitative estimate of drug-likeness (QED) is 0.576. The number of ether oxygens (including phenoxy) is 1. The Morgan fingerprint density at radius 2 is 1.87 bits per heavy atom. The fourth-order valence-electron chi connectivity index (χ4n) is 2.55. The molecule has 30 heavy (non-hydrogen) atoms. The largest absolute Gasteiger partial charge is 0.497 e. The normalized spacial score (nSPS) is 11.3. The van der Waals surface area contributed by atoms with Crippen molar-refractivity contribution in [2.24, 2.45) is 0 Å². The van der Waals surface area contributed by atoms with Crippen molar-refractivity contribution < 1.29 is 31.1 Å². The summed E-state index contributed by atoms with van der Waals surface area (Å²) in [5, 5.41) is 9.50. The Balaban J connectivity index is 1.54. The number of sulfone groups is 1. The monoisotopic (exact) mass is 437 g/mol.